The molecule has 0 radical (unpaired) electrons. The molecule has 0 aliphatic heterocycles. The average molecular weight is 435 g/mol. The van der Waals surface area contributed by atoms with Gasteiger partial charge in [-0.05, 0) is 28.8 Å². The summed E-state index contributed by atoms with van der Waals surface area (Å²) in [6.07, 6.45) is 0. The van der Waals surface area contributed by atoms with Crippen LogP contribution in [0.4, 0.5) is 0 Å². The zero-order valence-electron chi connectivity index (χ0n) is 17.8. The van der Waals surface area contributed by atoms with Crippen LogP contribution >= 0.6 is 11.6 Å². The van der Waals surface area contributed by atoms with Crippen molar-refractivity contribution in [2.75, 3.05) is 0 Å². The maximum Gasteiger partial charge on any atom is 0.247 e. The van der Waals surface area contributed by atoms with E-state index in [9.17, 15) is 9.59 Å². The molecule has 0 saturated heterocycles. The first-order chi connectivity index (χ1) is 15.0. The highest BCUT2D eigenvalue weighted by Gasteiger charge is 2.32. The fourth-order valence-corrected chi connectivity index (χ4v) is 3.53. The fraction of sp³-hybridized carbons (Fsp3) is 0.231. The Hall–Kier alpha value is -3.11. The van der Waals surface area contributed by atoms with E-state index in [0.29, 0.717) is 18.1 Å². The maximum atomic E-state index is 13.4. The van der Waals surface area contributed by atoms with Crippen molar-refractivity contribution < 1.29 is 9.59 Å². The van der Waals surface area contributed by atoms with Crippen LogP contribution in [-0.4, -0.2) is 16.7 Å². The number of halogens is 1. The van der Waals surface area contributed by atoms with Gasteiger partial charge in [-0.3, -0.25) is 9.59 Å². The van der Waals surface area contributed by atoms with Crippen LogP contribution in [0, 0.1) is 5.92 Å². The van der Waals surface area contributed by atoms with Gasteiger partial charge in [0.1, 0.15) is 6.04 Å². The van der Waals surface area contributed by atoms with E-state index < -0.39 is 6.04 Å². The van der Waals surface area contributed by atoms with E-state index in [-0.39, 0.29) is 17.7 Å². The number of rotatable bonds is 8. The van der Waals surface area contributed by atoms with E-state index in [1.807, 2.05) is 86.6 Å². The first kappa shape index (κ1) is 22.6. The second-order valence-corrected chi connectivity index (χ2v) is 8.20. The van der Waals surface area contributed by atoms with Crippen LogP contribution in [0.5, 0.6) is 0 Å². The smallest absolute Gasteiger partial charge is 0.247 e. The van der Waals surface area contributed by atoms with Crippen LogP contribution in [0.1, 0.15) is 36.6 Å². The molecule has 160 valence electrons. The predicted molar refractivity (Wildman–Crippen MR) is 124 cm³/mol. The van der Waals surface area contributed by atoms with Crippen LogP contribution in [-0.2, 0) is 22.7 Å². The van der Waals surface area contributed by atoms with E-state index in [1.165, 1.54) is 0 Å². The zero-order valence-corrected chi connectivity index (χ0v) is 18.5. The molecule has 0 aromatic heterocycles. The third kappa shape index (κ3) is 6.19. The first-order valence-corrected chi connectivity index (χ1v) is 10.7. The van der Waals surface area contributed by atoms with E-state index in [0.717, 1.165) is 16.7 Å². The third-order valence-electron chi connectivity index (χ3n) is 5.03. The summed E-state index contributed by atoms with van der Waals surface area (Å²) >= 11 is 5.96. The van der Waals surface area contributed by atoms with Gasteiger partial charge in [0.15, 0.2) is 0 Å². The van der Waals surface area contributed by atoms with Crippen molar-refractivity contribution in [3.8, 4) is 0 Å². The number of amides is 2. The Labute approximate surface area is 188 Å². The van der Waals surface area contributed by atoms with Gasteiger partial charge in [0.25, 0.3) is 0 Å². The first-order valence-electron chi connectivity index (χ1n) is 10.4. The lowest BCUT2D eigenvalue weighted by Crippen LogP contribution is -2.44. The molecule has 2 amide bonds. The Balaban J connectivity index is 1.91. The van der Waals surface area contributed by atoms with Crippen molar-refractivity contribution >= 4 is 23.4 Å². The van der Waals surface area contributed by atoms with Gasteiger partial charge < -0.3 is 10.2 Å². The molecule has 4 nitrogen and oxygen atoms in total. The number of benzene rings is 3. The number of nitrogens with zero attached hydrogens (tertiary/aromatic N) is 1. The minimum atomic E-state index is -0.733. The van der Waals surface area contributed by atoms with Crippen molar-refractivity contribution in [1.29, 1.82) is 0 Å². The second-order valence-electron chi connectivity index (χ2n) is 7.76. The quantitative estimate of drug-likeness (QED) is 0.517. The van der Waals surface area contributed by atoms with Crippen LogP contribution in [0.2, 0.25) is 5.02 Å². The zero-order chi connectivity index (χ0) is 22.2. The SMILES string of the molecule is CC(C)C(=O)N(Cc1ccccc1)C(C(=O)NCc1ccc(Cl)cc1)c1ccccc1. The minimum absolute atomic E-state index is 0.0700. The molecule has 1 atom stereocenters. The van der Waals surface area contributed by atoms with Gasteiger partial charge in [0.2, 0.25) is 11.8 Å². The summed E-state index contributed by atoms with van der Waals surface area (Å²) in [6.45, 7) is 4.42. The molecule has 0 heterocycles. The highest BCUT2D eigenvalue weighted by Crippen LogP contribution is 2.26. The van der Waals surface area contributed by atoms with Crippen molar-refractivity contribution in [3.05, 3.63) is 107 Å². The monoisotopic (exact) mass is 434 g/mol. The Morgan fingerprint density at radius 1 is 0.839 bits per heavy atom. The van der Waals surface area contributed by atoms with Crippen molar-refractivity contribution in [2.24, 2.45) is 5.92 Å². The highest BCUT2D eigenvalue weighted by molar-refractivity contribution is 6.30. The molecule has 0 bridgehead atoms. The van der Waals surface area contributed by atoms with Gasteiger partial charge >= 0.3 is 0 Å². The molecule has 3 rings (SSSR count). The highest BCUT2D eigenvalue weighted by atomic mass is 35.5. The molecule has 0 spiro atoms. The molecule has 3 aromatic carbocycles. The standard InChI is InChI=1S/C26H27ClN2O2/c1-19(2)26(31)29(18-21-9-5-3-6-10-21)24(22-11-7-4-8-12-22)25(30)28-17-20-13-15-23(27)16-14-20/h3-16,19,24H,17-18H2,1-2H3,(H,28,30). The number of hydrogen-bond donors (Lipinski definition) is 1. The largest absolute Gasteiger partial charge is 0.350 e. The van der Waals surface area contributed by atoms with Crippen molar-refractivity contribution in [1.82, 2.24) is 10.2 Å². The third-order valence-corrected chi connectivity index (χ3v) is 5.28. The lowest BCUT2D eigenvalue weighted by molar-refractivity contribution is -0.144. The van der Waals surface area contributed by atoms with Crippen molar-refractivity contribution in [3.63, 3.8) is 0 Å². The van der Waals surface area contributed by atoms with Crippen LogP contribution < -0.4 is 5.32 Å². The number of carbonyl (C=O) groups excluding carboxylic acids is 2. The molecular weight excluding hydrogens is 408 g/mol. The van der Waals surface area contributed by atoms with Gasteiger partial charge in [-0.15, -0.1) is 0 Å². The molecule has 0 aliphatic carbocycles. The summed E-state index contributed by atoms with van der Waals surface area (Å²) in [5, 5.41) is 3.65. The molecule has 0 aliphatic rings. The second kappa shape index (κ2) is 10.8. The molecule has 0 fully saturated rings. The van der Waals surface area contributed by atoms with Crippen molar-refractivity contribution in [2.45, 2.75) is 33.0 Å². The molecule has 3 aromatic rings. The summed E-state index contributed by atoms with van der Waals surface area (Å²) in [6, 6.07) is 25.8. The molecule has 5 heteroatoms. The topological polar surface area (TPSA) is 49.4 Å². The van der Waals surface area contributed by atoms with E-state index in [1.54, 1.807) is 17.0 Å². The minimum Gasteiger partial charge on any atom is -0.350 e. The van der Waals surface area contributed by atoms with Crippen LogP contribution in [0.3, 0.4) is 0 Å². The van der Waals surface area contributed by atoms with E-state index in [2.05, 4.69) is 5.32 Å². The summed E-state index contributed by atoms with van der Waals surface area (Å²) in [5.41, 5.74) is 2.69. The number of nitrogens with one attached hydrogen (secondary N) is 1. The molecule has 1 unspecified atom stereocenters. The molecule has 31 heavy (non-hydrogen) atoms. The predicted octanol–water partition coefficient (Wildman–Crippen LogP) is 5.38. The summed E-state index contributed by atoms with van der Waals surface area (Å²) in [7, 11) is 0. The molecule has 0 saturated carbocycles. The Morgan fingerprint density at radius 2 is 1.42 bits per heavy atom. The van der Waals surface area contributed by atoms with E-state index in [4.69, 9.17) is 11.6 Å². The summed E-state index contributed by atoms with van der Waals surface area (Å²) < 4.78 is 0. The number of hydrogen-bond acceptors (Lipinski definition) is 2. The van der Waals surface area contributed by atoms with Gasteiger partial charge in [-0.1, -0.05) is 98.2 Å². The lowest BCUT2D eigenvalue weighted by atomic mass is 10.0. The Kier molecular flexibility index (Phi) is 7.85. The maximum absolute atomic E-state index is 13.4. The number of carbonyl (C=O) groups is 2. The normalized spacial score (nSPS) is 11.7. The van der Waals surface area contributed by atoms with Gasteiger partial charge in [0.05, 0.1) is 0 Å². The molecule has 1 N–H and O–H groups in total. The van der Waals surface area contributed by atoms with E-state index >= 15 is 0 Å². The molecular formula is C26H27ClN2O2. The van der Waals surface area contributed by atoms with Gasteiger partial charge in [-0.2, -0.15) is 0 Å². The summed E-state index contributed by atoms with van der Waals surface area (Å²) in [5.74, 6) is -0.524. The lowest BCUT2D eigenvalue weighted by Gasteiger charge is -2.33. The Bertz CT molecular complexity index is 989. The van der Waals surface area contributed by atoms with Crippen LogP contribution in [0.25, 0.3) is 0 Å². The fourth-order valence-electron chi connectivity index (χ4n) is 3.40. The Morgan fingerprint density at radius 3 is 2.00 bits per heavy atom. The van der Waals surface area contributed by atoms with Crippen LogP contribution in [0.15, 0.2) is 84.9 Å². The average Bonchev–Trinajstić information content (AvgIpc) is 2.79. The summed E-state index contributed by atoms with van der Waals surface area (Å²) in [4.78, 5) is 28.3. The van der Waals surface area contributed by atoms with Gasteiger partial charge in [-0.25, -0.2) is 0 Å². The van der Waals surface area contributed by atoms with Gasteiger partial charge in [0, 0.05) is 24.0 Å².